The number of aromatic nitrogens is 1. The van der Waals surface area contributed by atoms with E-state index in [0.717, 1.165) is 50.6 Å². The average Bonchev–Trinajstić information content (AvgIpc) is 3.33. The summed E-state index contributed by atoms with van der Waals surface area (Å²) in [5.74, 6) is 0.453. The zero-order chi connectivity index (χ0) is 23.1. The minimum absolute atomic E-state index is 0.00708. The molecule has 33 heavy (non-hydrogen) atoms. The van der Waals surface area contributed by atoms with Crippen molar-refractivity contribution in [2.75, 3.05) is 23.9 Å². The van der Waals surface area contributed by atoms with Gasteiger partial charge < -0.3 is 20.7 Å². The van der Waals surface area contributed by atoms with Gasteiger partial charge in [0.25, 0.3) is 0 Å². The first-order chi connectivity index (χ1) is 15.9. The molecule has 168 valence electrons. The molecule has 5 nitrogen and oxygen atoms in total. The number of nitrogen functional groups attached to an aromatic ring is 1. The number of benzene rings is 3. The fraction of sp³-hybridized carbons (Fsp3) is 0.192. The number of thioether (sulfide) groups is 1. The SMILES string of the molecule is CNc1cc(N)cc(-c2ccc3c(CC(=O)O)cn(CC4CSc5ccc(Cl)cc54)c3c2)c1. The smallest absolute Gasteiger partial charge is 0.307 e. The molecule has 2 heterocycles. The highest BCUT2D eigenvalue weighted by Crippen LogP contribution is 2.42. The highest BCUT2D eigenvalue weighted by molar-refractivity contribution is 7.99. The Bertz CT molecular complexity index is 1380. The summed E-state index contributed by atoms with van der Waals surface area (Å²) < 4.78 is 2.20. The number of aliphatic carboxylic acids is 1. The molecule has 0 fully saturated rings. The number of carboxylic acid groups (broad SMARTS) is 1. The Labute approximate surface area is 201 Å². The lowest BCUT2D eigenvalue weighted by molar-refractivity contribution is -0.136. The monoisotopic (exact) mass is 477 g/mol. The second kappa shape index (κ2) is 8.69. The number of carbonyl (C=O) groups is 1. The summed E-state index contributed by atoms with van der Waals surface area (Å²) in [6, 6.07) is 18.2. The van der Waals surface area contributed by atoms with Crippen LogP contribution < -0.4 is 11.1 Å². The molecule has 0 radical (unpaired) electrons. The molecule has 1 aliphatic rings. The minimum Gasteiger partial charge on any atom is -0.481 e. The van der Waals surface area contributed by atoms with E-state index in [1.165, 1.54) is 10.5 Å². The predicted octanol–water partition coefficient (Wildman–Crippen LogP) is 6.10. The summed E-state index contributed by atoms with van der Waals surface area (Å²) in [6.07, 6.45) is 1.99. The molecule has 1 aliphatic heterocycles. The van der Waals surface area contributed by atoms with Crippen molar-refractivity contribution in [3.63, 3.8) is 0 Å². The van der Waals surface area contributed by atoms with E-state index in [1.807, 2.05) is 55.3 Å². The van der Waals surface area contributed by atoms with Crippen molar-refractivity contribution in [2.24, 2.45) is 0 Å². The maximum atomic E-state index is 11.5. The van der Waals surface area contributed by atoms with Gasteiger partial charge in [0.15, 0.2) is 0 Å². The number of halogens is 1. The van der Waals surface area contributed by atoms with E-state index in [0.29, 0.717) is 11.6 Å². The molecule has 4 aromatic rings. The fourth-order valence-electron chi connectivity index (χ4n) is 4.60. The summed E-state index contributed by atoms with van der Waals surface area (Å²) in [4.78, 5) is 12.8. The van der Waals surface area contributed by atoms with E-state index >= 15 is 0 Å². The van der Waals surface area contributed by atoms with E-state index in [4.69, 9.17) is 17.3 Å². The first-order valence-electron chi connectivity index (χ1n) is 10.8. The van der Waals surface area contributed by atoms with Crippen LogP contribution in [0.2, 0.25) is 5.02 Å². The molecule has 0 spiro atoms. The van der Waals surface area contributed by atoms with Gasteiger partial charge in [-0.2, -0.15) is 0 Å². The molecule has 0 saturated carbocycles. The van der Waals surface area contributed by atoms with Crippen LogP contribution in [0.1, 0.15) is 17.0 Å². The van der Waals surface area contributed by atoms with Gasteiger partial charge in [-0.3, -0.25) is 4.79 Å². The van der Waals surface area contributed by atoms with Gasteiger partial charge in [0, 0.05) is 63.7 Å². The molecule has 3 aromatic carbocycles. The van der Waals surface area contributed by atoms with Crippen LogP contribution >= 0.6 is 23.4 Å². The summed E-state index contributed by atoms with van der Waals surface area (Å²) in [5.41, 5.74) is 12.9. The first-order valence-corrected chi connectivity index (χ1v) is 12.1. The third-order valence-electron chi connectivity index (χ3n) is 6.15. The van der Waals surface area contributed by atoms with Crippen molar-refractivity contribution >= 4 is 51.6 Å². The number of hydrogen-bond acceptors (Lipinski definition) is 4. The number of hydrogen-bond donors (Lipinski definition) is 3. The molecule has 0 bridgehead atoms. The molecule has 5 rings (SSSR count). The lowest BCUT2D eigenvalue weighted by Crippen LogP contribution is -2.08. The van der Waals surface area contributed by atoms with Crippen molar-refractivity contribution < 1.29 is 9.90 Å². The average molecular weight is 478 g/mol. The number of carboxylic acids is 1. The van der Waals surface area contributed by atoms with Gasteiger partial charge in [-0.15, -0.1) is 11.8 Å². The summed E-state index contributed by atoms with van der Waals surface area (Å²) >= 11 is 8.12. The Morgan fingerprint density at radius 3 is 2.82 bits per heavy atom. The fourth-order valence-corrected chi connectivity index (χ4v) is 6.01. The van der Waals surface area contributed by atoms with Gasteiger partial charge in [0.2, 0.25) is 0 Å². The zero-order valence-electron chi connectivity index (χ0n) is 18.1. The summed E-state index contributed by atoms with van der Waals surface area (Å²) in [5, 5.41) is 14.3. The van der Waals surface area contributed by atoms with Crippen molar-refractivity contribution in [3.8, 4) is 11.1 Å². The third-order valence-corrected chi connectivity index (χ3v) is 7.64. The Kier molecular flexibility index (Phi) is 5.72. The number of rotatable bonds is 6. The van der Waals surface area contributed by atoms with Crippen LogP contribution in [0.5, 0.6) is 0 Å². The van der Waals surface area contributed by atoms with Gasteiger partial charge >= 0.3 is 5.97 Å². The standard InChI is InChI=1S/C26H24ClN3O2S/c1-29-21-7-16(6-20(28)11-21)15-2-4-22-17(9-26(31)32)12-30(24(22)8-15)13-18-14-33-25-5-3-19(27)10-23(18)25/h2-8,10-12,18,29H,9,13-14,28H2,1H3,(H,31,32). The molecule has 1 atom stereocenters. The number of fused-ring (bicyclic) bond motifs is 2. The number of nitrogens with two attached hydrogens (primary N) is 1. The Hall–Kier alpha value is -3.09. The molecule has 7 heteroatoms. The molecule has 1 unspecified atom stereocenters. The van der Waals surface area contributed by atoms with Gasteiger partial charge in [0.1, 0.15) is 0 Å². The van der Waals surface area contributed by atoms with E-state index in [1.54, 1.807) is 0 Å². The van der Waals surface area contributed by atoms with Crippen LogP contribution in [0, 0.1) is 0 Å². The van der Waals surface area contributed by atoms with Gasteiger partial charge in [-0.25, -0.2) is 0 Å². The van der Waals surface area contributed by atoms with Gasteiger partial charge in [0.05, 0.1) is 6.42 Å². The lowest BCUT2D eigenvalue weighted by atomic mass is 10.0. The largest absolute Gasteiger partial charge is 0.481 e. The van der Waals surface area contributed by atoms with Crippen LogP contribution in [0.15, 0.2) is 65.7 Å². The lowest BCUT2D eigenvalue weighted by Gasteiger charge is -2.14. The van der Waals surface area contributed by atoms with Crippen molar-refractivity contribution in [2.45, 2.75) is 23.8 Å². The quantitative estimate of drug-likeness (QED) is 0.292. The highest BCUT2D eigenvalue weighted by atomic mass is 35.5. The Balaban J connectivity index is 1.59. The predicted molar refractivity (Wildman–Crippen MR) is 138 cm³/mol. The molecule has 0 aliphatic carbocycles. The van der Waals surface area contributed by atoms with E-state index < -0.39 is 5.97 Å². The summed E-state index contributed by atoms with van der Waals surface area (Å²) in [6.45, 7) is 0.763. The van der Waals surface area contributed by atoms with Crippen LogP contribution in [-0.2, 0) is 17.8 Å². The molecular weight excluding hydrogens is 454 g/mol. The van der Waals surface area contributed by atoms with Crippen LogP contribution in [0.4, 0.5) is 11.4 Å². The molecule has 0 amide bonds. The van der Waals surface area contributed by atoms with Gasteiger partial charge in [-0.1, -0.05) is 23.7 Å². The zero-order valence-corrected chi connectivity index (χ0v) is 19.7. The topological polar surface area (TPSA) is 80.3 Å². The van der Waals surface area contributed by atoms with E-state index in [9.17, 15) is 9.90 Å². The Morgan fingerprint density at radius 2 is 2.03 bits per heavy atom. The van der Waals surface area contributed by atoms with Crippen molar-refractivity contribution in [1.29, 1.82) is 0 Å². The summed E-state index contributed by atoms with van der Waals surface area (Å²) in [7, 11) is 1.87. The first kappa shape index (κ1) is 21.7. The maximum Gasteiger partial charge on any atom is 0.307 e. The normalized spacial score (nSPS) is 15.0. The second-order valence-corrected chi connectivity index (χ2v) is 9.89. The van der Waals surface area contributed by atoms with E-state index in [2.05, 4.69) is 34.1 Å². The third kappa shape index (κ3) is 4.28. The van der Waals surface area contributed by atoms with Crippen molar-refractivity contribution in [3.05, 3.63) is 76.9 Å². The van der Waals surface area contributed by atoms with E-state index in [-0.39, 0.29) is 6.42 Å². The maximum absolute atomic E-state index is 11.5. The molecular formula is C26H24ClN3O2S. The van der Waals surface area contributed by atoms with Crippen LogP contribution in [0.3, 0.4) is 0 Å². The number of anilines is 2. The molecule has 1 aromatic heterocycles. The number of nitrogens with one attached hydrogen (secondary N) is 1. The molecule has 4 N–H and O–H groups in total. The molecule has 0 saturated heterocycles. The second-order valence-electron chi connectivity index (χ2n) is 8.39. The van der Waals surface area contributed by atoms with Gasteiger partial charge in [-0.05, 0) is 64.7 Å². The highest BCUT2D eigenvalue weighted by Gasteiger charge is 2.25. The van der Waals surface area contributed by atoms with Crippen molar-refractivity contribution in [1.82, 2.24) is 4.57 Å². The number of nitrogens with zero attached hydrogens (tertiary/aromatic N) is 1. The Morgan fingerprint density at radius 1 is 1.18 bits per heavy atom. The van der Waals surface area contributed by atoms with Crippen LogP contribution in [0.25, 0.3) is 22.0 Å². The minimum atomic E-state index is -0.832. The van der Waals surface area contributed by atoms with Crippen LogP contribution in [-0.4, -0.2) is 28.4 Å².